The number of hydrogen-bond acceptors (Lipinski definition) is 1. The van der Waals surface area contributed by atoms with Gasteiger partial charge in [0, 0.05) is 5.33 Å². The van der Waals surface area contributed by atoms with E-state index in [1.807, 2.05) is 0 Å². The molecule has 0 aliphatic carbocycles. The van der Waals surface area contributed by atoms with Crippen LogP contribution in [0.1, 0.15) is 27.7 Å². The Morgan fingerprint density at radius 1 is 1.27 bits per heavy atom. The largest absolute Gasteiger partial charge is 0.412 e. The van der Waals surface area contributed by atoms with E-state index in [0.717, 1.165) is 5.33 Å². The maximum atomic E-state index is 5.37. The van der Waals surface area contributed by atoms with Gasteiger partial charge in [-0.3, -0.25) is 0 Å². The lowest BCUT2D eigenvalue weighted by Gasteiger charge is -2.39. The molecule has 0 aliphatic rings. The van der Waals surface area contributed by atoms with Gasteiger partial charge in [-0.1, -0.05) is 43.6 Å². The third kappa shape index (κ3) is 2.29. The molecule has 0 unspecified atom stereocenters. The normalized spacial score (nSPS) is 13.1. The van der Waals surface area contributed by atoms with Gasteiger partial charge in [0.15, 0.2) is 0 Å². The van der Waals surface area contributed by atoms with Crippen LogP contribution in [0.15, 0.2) is 0 Å². The second kappa shape index (κ2) is 4.63. The number of halogens is 1. The topological polar surface area (TPSA) is 9.23 Å². The van der Waals surface area contributed by atoms with E-state index in [1.165, 1.54) is 0 Å². The highest BCUT2D eigenvalue weighted by Gasteiger charge is 2.35. The van der Waals surface area contributed by atoms with Crippen molar-refractivity contribution in [1.29, 1.82) is 0 Å². The lowest BCUT2D eigenvalue weighted by molar-refractivity contribution is 0.0103. The third-order valence-corrected chi connectivity index (χ3v) is 3.61. The van der Waals surface area contributed by atoms with Crippen LogP contribution >= 0.6 is 15.9 Å². The lowest BCUT2D eigenvalue weighted by Crippen LogP contribution is -2.44. The van der Waals surface area contributed by atoms with Gasteiger partial charge >= 0.3 is 0 Å². The standard InChI is InChI=1S/C8H16BrOSi/c1-6(2)8(5-9,10-11)7(3)4/h6-7H,5H2,1-4H3. The molecule has 0 atom stereocenters. The molecule has 0 rings (SSSR count). The van der Waals surface area contributed by atoms with E-state index in [0.29, 0.717) is 11.8 Å². The van der Waals surface area contributed by atoms with E-state index < -0.39 is 0 Å². The minimum absolute atomic E-state index is 0.0864. The molecule has 0 aromatic rings. The van der Waals surface area contributed by atoms with Crippen molar-refractivity contribution in [2.24, 2.45) is 11.8 Å². The van der Waals surface area contributed by atoms with Crippen LogP contribution in [0.3, 0.4) is 0 Å². The maximum absolute atomic E-state index is 5.37. The molecule has 0 spiro atoms. The molecule has 0 fully saturated rings. The van der Waals surface area contributed by atoms with Gasteiger partial charge in [-0.25, -0.2) is 0 Å². The average Bonchev–Trinajstić information content (AvgIpc) is 1.90. The van der Waals surface area contributed by atoms with Crippen LogP contribution in [-0.2, 0) is 4.43 Å². The predicted molar refractivity (Wildman–Crippen MR) is 53.0 cm³/mol. The summed E-state index contributed by atoms with van der Waals surface area (Å²) in [6, 6.07) is 0. The molecule has 0 bridgehead atoms. The number of alkyl halides is 1. The smallest absolute Gasteiger partial charge is 0.247 e. The summed E-state index contributed by atoms with van der Waals surface area (Å²) in [5.41, 5.74) is -0.0864. The van der Waals surface area contributed by atoms with Gasteiger partial charge in [0.05, 0.1) is 5.60 Å². The van der Waals surface area contributed by atoms with Crippen LogP contribution in [0, 0.1) is 11.8 Å². The minimum Gasteiger partial charge on any atom is -0.412 e. The quantitative estimate of drug-likeness (QED) is 0.538. The Labute approximate surface area is 81.6 Å². The fourth-order valence-electron chi connectivity index (χ4n) is 1.24. The van der Waals surface area contributed by atoms with E-state index in [1.54, 1.807) is 0 Å². The first-order chi connectivity index (χ1) is 5.01. The molecule has 0 amide bonds. The molecule has 0 N–H and O–H groups in total. The Hall–Kier alpha value is 0.657. The van der Waals surface area contributed by atoms with Crippen LogP contribution in [0.25, 0.3) is 0 Å². The van der Waals surface area contributed by atoms with E-state index in [4.69, 9.17) is 4.43 Å². The van der Waals surface area contributed by atoms with Crippen molar-refractivity contribution in [3.8, 4) is 0 Å². The summed E-state index contributed by atoms with van der Waals surface area (Å²) in [4.78, 5) is 0. The number of hydrogen-bond donors (Lipinski definition) is 0. The predicted octanol–water partition coefficient (Wildman–Crippen LogP) is 2.53. The molecular formula is C8H16BrOSi. The van der Waals surface area contributed by atoms with Crippen molar-refractivity contribution in [3.05, 3.63) is 0 Å². The first-order valence-electron chi connectivity index (χ1n) is 3.92. The fraction of sp³-hybridized carbons (Fsp3) is 1.00. The molecule has 0 aromatic heterocycles. The van der Waals surface area contributed by atoms with E-state index in [-0.39, 0.29) is 5.60 Å². The highest BCUT2D eigenvalue weighted by Crippen LogP contribution is 2.31. The Kier molecular flexibility index (Phi) is 4.90. The summed E-state index contributed by atoms with van der Waals surface area (Å²) in [5, 5.41) is 0.860. The van der Waals surface area contributed by atoms with Crippen molar-refractivity contribution in [2.45, 2.75) is 33.3 Å². The Bertz CT molecular complexity index is 101. The molecule has 65 valence electrons. The van der Waals surface area contributed by atoms with Crippen molar-refractivity contribution in [1.82, 2.24) is 0 Å². The van der Waals surface area contributed by atoms with Crippen LogP contribution in [0.5, 0.6) is 0 Å². The van der Waals surface area contributed by atoms with Gasteiger partial charge in [-0.05, 0) is 11.8 Å². The first-order valence-corrected chi connectivity index (χ1v) is 5.45. The highest BCUT2D eigenvalue weighted by molar-refractivity contribution is 9.09. The maximum Gasteiger partial charge on any atom is 0.247 e. The Morgan fingerprint density at radius 2 is 1.64 bits per heavy atom. The minimum atomic E-state index is -0.0864. The number of rotatable bonds is 4. The first kappa shape index (κ1) is 11.7. The zero-order valence-corrected chi connectivity index (χ0v) is 10.2. The van der Waals surface area contributed by atoms with E-state index in [2.05, 4.69) is 54.1 Å². The van der Waals surface area contributed by atoms with Crippen molar-refractivity contribution < 1.29 is 4.43 Å². The zero-order chi connectivity index (χ0) is 9.07. The summed E-state index contributed by atoms with van der Waals surface area (Å²) in [5.74, 6) is 0.999. The summed E-state index contributed by atoms with van der Waals surface area (Å²) in [6.07, 6.45) is 0. The molecule has 0 aliphatic heterocycles. The summed E-state index contributed by atoms with van der Waals surface area (Å²) >= 11 is 3.48. The fourth-order valence-corrected chi connectivity index (χ4v) is 3.40. The Morgan fingerprint density at radius 3 is 1.64 bits per heavy atom. The van der Waals surface area contributed by atoms with Crippen LogP contribution < -0.4 is 0 Å². The van der Waals surface area contributed by atoms with Gasteiger partial charge in [-0.2, -0.15) is 0 Å². The zero-order valence-electron chi connectivity index (χ0n) is 7.65. The third-order valence-electron chi connectivity index (χ3n) is 2.35. The molecule has 3 radical (unpaired) electrons. The molecular weight excluding hydrogens is 220 g/mol. The molecule has 11 heavy (non-hydrogen) atoms. The van der Waals surface area contributed by atoms with Crippen molar-refractivity contribution >= 4 is 26.4 Å². The van der Waals surface area contributed by atoms with Gasteiger partial charge in [0.2, 0.25) is 10.5 Å². The van der Waals surface area contributed by atoms with E-state index >= 15 is 0 Å². The molecule has 3 heteroatoms. The van der Waals surface area contributed by atoms with E-state index in [9.17, 15) is 0 Å². The summed E-state index contributed by atoms with van der Waals surface area (Å²) in [7, 11) is 3.15. The summed E-state index contributed by atoms with van der Waals surface area (Å²) < 4.78 is 5.37. The second-order valence-electron chi connectivity index (χ2n) is 3.50. The van der Waals surface area contributed by atoms with Gasteiger partial charge < -0.3 is 4.43 Å². The van der Waals surface area contributed by atoms with Gasteiger partial charge in [0.25, 0.3) is 0 Å². The van der Waals surface area contributed by atoms with Gasteiger partial charge in [-0.15, -0.1) is 0 Å². The molecule has 0 heterocycles. The molecule has 1 nitrogen and oxygen atoms in total. The molecule has 0 saturated heterocycles. The van der Waals surface area contributed by atoms with Crippen LogP contribution in [0.2, 0.25) is 0 Å². The van der Waals surface area contributed by atoms with Crippen LogP contribution in [-0.4, -0.2) is 21.4 Å². The molecule has 0 aromatic carbocycles. The summed E-state index contributed by atoms with van der Waals surface area (Å²) in [6.45, 7) is 8.67. The second-order valence-corrected chi connectivity index (χ2v) is 4.26. The van der Waals surface area contributed by atoms with Crippen molar-refractivity contribution in [3.63, 3.8) is 0 Å². The Balaban J connectivity index is 4.46. The monoisotopic (exact) mass is 235 g/mol. The van der Waals surface area contributed by atoms with Crippen molar-refractivity contribution in [2.75, 3.05) is 5.33 Å². The lowest BCUT2D eigenvalue weighted by atomic mass is 9.82. The SMILES string of the molecule is CC(C)C(CBr)(O[Si])C(C)C. The van der Waals surface area contributed by atoms with Gasteiger partial charge in [0.1, 0.15) is 0 Å². The molecule has 0 saturated carbocycles. The highest BCUT2D eigenvalue weighted by atomic mass is 79.9. The van der Waals surface area contributed by atoms with Crippen LogP contribution in [0.4, 0.5) is 0 Å². The average molecular weight is 236 g/mol.